The van der Waals surface area contributed by atoms with Gasteiger partial charge >= 0.3 is 0 Å². The minimum Gasteiger partial charge on any atom is -0.396 e. The molecular formula is C13H24N2O3. The summed E-state index contributed by atoms with van der Waals surface area (Å²) in [6.07, 6.45) is 0.955. The lowest BCUT2D eigenvalue weighted by Gasteiger charge is -2.60. The molecule has 1 amide bonds. The van der Waals surface area contributed by atoms with Gasteiger partial charge in [-0.1, -0.05) is 20.8 Å². The van der Waals surface area contributed by atoms with Gasteiger partial charge in [0.2, 0.25) is 5.91 Å². The monoisotopic (exact) mass is 256 g/mol. The van der Waals surface area contributed by atoms with E-state index in [4.69, 9.17) is 15.6 Å². The maximum Gasteiger partial charge on any atom is 0.241 e. The minimum absolute atomic E-state index is 0.0522. The number of carbonyl (C=O) groups excluding carboxylic acids is 1. The lowest BCUT2D eigenvalue weighted by Crippen LogP contribution is -2.80. The first-order chi connectivity index (χ1) is 8.35. The van der Waals surface area contributed by atoms with Crippen molar-refractivity contribution in [2.75, 3.05) is 19.8 Å². The summed E-state index contributed by atoms with van der Waals surface area (Å²) in [5.41, 5.74) is 5.21. The molecule has 0 spiro atoms. The Balaban J connectivity index is 2.04. The molecule has 1 saturated heterocycles. The number of fused-ring (bicyclic) bond motifs is 1. The molecule has 1 heterocycles. The van der Waals surface area contributed by atoms with Gasteiger partial charge in [-0.05, 0) is 12.3 Å². The topological polar surface area (TPSA) is 84.6 Å². The van der Waals surface area contributed by atoms with Gasteiger partial charge in [0, 0.05) is 31.1 Å². The molecule has 104 valence electrons. The minimum atomic E-state index is -0.844. The fourth-order valence-corrected chi connectivity index (χ4v) is 3.32. The van der Waals surface area contributed by atoms with Gasteiger partial charge in [0.15, 0.2) is 0 Å². The van der Waals surface area contributed by atoms with Crippen LogP contribution in [-0.2, 0) is 9.53 Å². The van der Waals surface area contributed by atoms with Crippen LogP contribution in [0.5, 0.6) is 0 Å². The Kier molecular flexibility index (Phi) is 3.42. The molecule has 4 unspecified atom stereocenters. The largest absolute Gasteiger partial charge is 0.396 e. The fraction of sp³-hybridized carbons (Fsp3) is 0.923. The summed E-state index contributed by atoms with van der Waals surface area (Å²) in [5.74, 6) is 0.0628. The summed E-state index contributed by atoms with van der Waals surface area (Å²) >= 11 is 0. The van der Waals surface area contributed by atoms with Gasteiger partial charge in [-0.3, -0.25) is 4.79 Å². The zero-order valence-electron chi connectivity index (χ0n) is 11.4. The first-order valence-corrected chi connectivity index (χ1v) is 6.65. The number of amides is 1. The summed E-state index contributed by atoms with van der Waals surface area (Å²) in [6, 6.07) is 0. The van der Waals surface area contributed by atoms with Crippen LogP contribution in [0.1, 0.15) is 27.2 Å². The molecule has 0 radical (unpaired) electrons. The first kappa shape index (κ1) is 13.8. The molecule has 1 aliphatic heterocycles. The summed E-state index contributed by atoms with van der Waals surface area (Å²) in [4.78, 5) is 12.4. The van der Waals surface area contributed by atoms with Crippen LogP contribution in [0.15, 0.2) is 0 Å². The van der Waals surface area contributed by atoms with Gasteiger partial charge in [-0.25, -0.2) is 0 Å². The number of hydrogen-bond acceptors (Lipinski definition) is 4. The van der Waals surface area contributed by atoms with E-state index in [-0.39, 0.29) is 35.9 Å². The molecule has 18 heavy (non-hydrogen) atoms. The first-order valence-electron chi connectivity index (χ1n) is 6.65. The summed E-state index contributed by atoms with van der Waals surface area (Å²) in [5, 5.41) is 11.8. The van der Waals surface area contributed by atoms with Gasteiger partial charge in [0.25, 0.3) is 0 Å². The second kappa shape index (κ2) is 4.47. The number of nitrogens with two attached hydrogens (primary N) is 1. The highest BCUT2D eigenvalue weighted by atomic mass is 16.5. The molecule has 1 saturated carbocycles. The van der Waals surface area contributed by atoms with Crippen LogP contribution in [0.4, 0.5) is 0 Å². The smallest absolute Gasteiger partial charge is 0.241 e. The molecule has 2 rings (SSSR count). The maximum atomic E-state index is 12.4. The zero-order valence-corrected chi connectivity index (χ0v) is 11.4. The molecule has 0 aromatic heterocycles. The molecule has 1 aliphatic carbocycles. The number of nitrogens with one attached hydrogen (secondary N) is 1. The maximum absolute atomic E-state index is 12.4. The molecule has 0 bridgehead atoms. The summed E-state index contributed by atoms with van der Waals surface area (Å²) in [7, 11) is 0. The van der Waals surface area contributed by atoms with Crippen molar-refractivity contribution < 1.29 is 14.6 Å². The van der Waals surface area contributed by atoms with Crippen molar-refractivity contribution >= 4 is 5.91 Å². The van der Waals surface area contributed by atoms with E-state index in [0.717, 1.165) is 6.42 Å². The summed E-state index contributed by atoms with van der Waals surface area (Å²) < 4.78 is 5.66. The van der Waals surface area contributed by atoms with E-state index in [2.05, 4.69) is 5.32 Å². The standard InChI is InChI=1S/C13H24N2O3/c1-8(7-16)6-15-11(17)13(14)9-4-5-18-10(9)12(13,2)3/h8-10,16H,4-7,14H2,1-3H3,(H,15,17). The number of ether oxygens (including phenoxy) is 1. The molecular weight excluding hydrogens is 232 g/mol. The van der Waals surface area contributed by atoms with Crippen molar-refractivity contribution in [3.63, 3.8) is 0 Å². The molecule has 4 N–H and O–H groups in total. The molecule has 0 aromatic carbocycles. The quantitative estimate of drug-likeness (QED) is 0.654. The molecule has 2 aliphatic rings. The van der Waals surface area contributed by atoms with Gasteiger partial charge < -0.3 is 20.9 Å². The van der Waals surface area contributed by atoms with E-state index in [9.17, 15) is 4.79 Å². The number of aliphatic hydroxyl groups is 1. The van der Waals surface area contributed by atoms with Crippen LogP contribution in [0.2, 0.25) is 0 Å². The van der Waals surface area contributed by atoms with Crippen molar-refractivity contribution in [1.82, 2.24) is 5.32 Å². The predicted octanol–water partition coefficient (Wildman–Crippen LogP) is -0.127. The van der Waals surface area contributed by atoms with Crippen molar-refractivity contribution in [2.45, 2.75) is 38.8 Å². The third-order valence-electron chi connectivity index (χ3n) is 4.75. The van der Waals surface area contributed by atoms with Crippen LogP contribution >= 0.6 is 0 Å². The Morgan fingerprint density at radius 2 is 2.28 bits per heavy atom. The molecule has 0 aromatic rings. The van der Waals surface area contributed by atoms with Gasteiger partial charge in [0.1, 0.15) is 5.54 Å². The Labute approximate surface area is 108 Å². The highest BCUT2D eigenvalue weighted by Gasteiger charge is 2.71. The average Bonchev–Trinajstić information content (AvgIpc) is 2.82. The van der Waals surface area contributed by atoms with Gasteiger partial charge in [-0.2, -0.15) is 0 Å². The Morgan fingerprint density at radius 1 is 1.61 bits per heavy atom. The van der Waals surface area contributed by atoms with Crippen LogP contribution in [0, 0.1) is 17.3 Å². The number of aliphatic hydroxyl groups excluding tert-OH is 1. The van der Waals surface area contributed by atoms with E-state index in [1.165, 1.54) is 0 Å². The third kappa shape index (κ3) is 1.68. The van der Waals surface area contributed by atoms with Crippen LogP contribution in [0.3, 0.4) is 0 Å². The number of rotatable bonds is 4. The van der Waals surface area contributed by atoms with Crippen molar-refractivity contribution in [1.29, 1.82) is 0 Å². The van der Waals surface area contributed by atoms with E-state index < -0.39 is 5.54 Å². The third-order valence-corrected chi connectivity index (χ3v) is 4.75. The SMILES string of the molecule is CC(CO)CNC(=O)C1(N)C2CCOC2C1(C)C. The normalized spacial score (nSPS) is 38.7. The van der Waals surface area contributed by atoms with Gasteiger partial charge in [-0.15, -0.1) is 0 Å². The molecule has 4 atom stereocenters. The van der Waals surface area contributed by atoms with Crippen LogP contribution in [0.25, 0.3) is 0 Å². The lowest BCUT2D eigenvalue weighted by molar-refractivity contribution is -0.175. The number of hydrogen-bond donors (Lipinski definition) is 3. The van der Waals surface area contributed by atoms with E-state index in [1.807, 2.05) is 20.8 Å². The number of carbonyl (C=O) groups is 1. The molecule has 5 nitrogen and oxygen atoms in total. The van der Waals surface area contributed by atoms with Crippen LogP contribution < -0.4 is 11.1 Å². The second-order valence-electron chi connectivity index (χ2n) is 6.28. The lowest BCUT2D eigenvalue weighted by atomic mass is 9.48. The Morgan fingerprint density at radius 3 is 2.89 bits per heavy atom. The summed E-state index contributed by atoms with van der Waals surface area (Å²) in [6.45, 7) is 7.09. The second-order valence-corrected chi connectivity index (χ2v) is 6.28. The van der Waals surface area contributed by atoms with Crippen LogP contribution in [-0.4, -0.2) is 42.4 Å². The van der Waals surface area contributed by atoms with Crippen molar-refractivity contribution in [3.8, 4) is 0 Å². The molecule has 2 fully saturated rings. The fourth-order valence-electron chi connectivity index (χ4n) is 3.32. The Bertz CT molecular complexity index is 345. The van der Waals surface area contributed by atoms with Crippen molar-refractivity contribution in [2.24, 2.45) is 23.0 Å². The van der Waals surface area contributed by atoms with Gasteiger partial charge in [0.05, 0.1) is 6.10 Å². The zero-order chi connectivity index (χ0) is 13.6. The molecule has 5 heteroatoms. The predicted molar refractivity (Wildman–Crippen MR) is 67.8 cm³/mol. The van der Waals surface area contributed by atoms with E-state index in [1.54, 1.807) is 0 Å². The van der Waals surface area contributed by atoms with E-state index in [0.29, 0.717) is 13.2 Å². The average molecular weight is 256 g/mol. The highest BCUT2D eigenvalue weighted by Crippen LogP contribution is 2.58. The van der Waals surface area contributed by atoms with E-state index >= 15 is 0 Å². The van der Waals surface area contributed by atoms with Crippen molar-refractivity contribution in [3.05, 3.63) is 0 Å². The Hall–Kier alpha value is -0.650. The highest BCUT2D eigenvalue weighted by molar-refractivity contribution is 5.89.